The highest BCUT2D eigenvalue weighted by atomic mass is 16.5. The van der Waals surface area contributed by atoms with Gasteiger partial charge in [0.1, 0.15) is 11.5 Å². The monoisotopic (exact) mass is 278 g/mol. The Kier molecular flexibility index (Phi) is 5.26. The van der Waals surface area contributed by atoms with Gasteiger partial charge in [0, 0.05) is 24.7 Å². The Morgan fingerprint density at radius 3 is 2.55 bits per heavy atom. The first-order valence-corrected chi connectivity index (χ1v) is 7.34. The van der Waals surface area contributed by atoms with Crippen LogP contribution in [0.3, 0.4) is 0 Å². The van der Waals surface area contributed by atoms with Crippen LogP contribution < -0.4 is 14.8 Å². The van der Waals surface area contributed by atoms with E-state index in [9.17, 15) is 0 Å². The number of nitrogens with one attached hydrogen (secondary N) is 1. The molecule has 1 fully saturated rings. The minimum atomic E-state index is 0.333. The maximum atomic E-state index is 5.57. The van der Waals surface area contributed by atoms with Crippen molar-refractivity contribution in [2.45, 2.75) is 26.3 Å². The van der Waals surface area contributed by atoms with Gasteiger partial charge in [-0.1, -0.05) is 0 Å². The molecule has 4 heteroatoms. The minimum absolute atomic E-state index is 0.333. The number of methoxy groups -OCH3 is 2. The lowest BCUT2D eigenvalue weighted by atomic mass is 10.0. The molecule has 1 N–H and O–H groups in total. The molecule has 2 rings (SSSR count). The molecule has 1 unspecified atom stereocenters. The molecule has 4 nitrogen and oxygen atoms in total. The van der Waals surface area contributed by atoms with E-state index in [2.05, 4.69) is 29.3 Å². The minimum Gasteiger partial charge on any atom is -0.496 e. The van der Waals surface area contributed by atoms with Crippen molar-refractivity contribution in [3.05, 3.63) is 23.3 Å². The summed E-state index contributed by atoms with van der Waals surface area (Å²) in [5, 5.41) is 3.45. The van der Waals surface area contributed by atoms with E-state index in [-0.39, 0.29) is 0 Å². The number of benzene rings is 1. The Morgan fingerprint density at radius 2 is 1.85 bits per heavy atom. The largest absolute Gasteiger partial charge is 0.496 e. The van der Waals surface area contributed by atoms with Crippen molar-refractivity contribution in [1.82, 2.24) is 10.2 Å². The molecule has 1 aliphatic rings. The predicted molar refractivity (Wildman–Crippen MR) is 81.8 cm³/mol. The van der Waals surface area contributed by atoms with Crippen LogP contribution in [0.4, 0.5) is 0 Å². The number of hydrogen-bond donors (Lipinski definition) is 1. The van der Waals surface area contributed by atoms with E-state index in [0.29, 0.717) is 6.04 Å². The molecule has 1 heterocycles. The maximum Gasteiger partial charge on any atom is 0.124 e. The van der Waals surface area contributed by atoms with Crippen LogP contribution in [0.2, 0.25) is 0 Å². The molecule has 1 aromatic carbocycles. The highest BCUT2D eigenvalue weighted by Gasteiger charge is 2.21. The summed E-state index contributed by atoms with van der Waals surface area (Å²) in [6.45, 7) is 8.64. The summed E-state index contributed by atoms with van der Waals surface area (Å²) in [6.07, 6.45) is 1.19. The van der Waals surface area contributed by atoms with Gasteiger partial charge >= 0.3 is 0 Å². The first-order chi connectivity index (χ1) is 9.67. The van der Waals surface area contributed by atoms with Gasteiger partial charge in [-0.3, -0.25) is 4.90 Å². The third-order valence-electron chi connectivity index (χ3n) is 4.12. The van der Waals surface area contributed by atoms with Crippen molar-refractivity contribution in [1.29, 1.82) is 0 Å². The fraction of sp³-hybridized carbons (Fsp3) is 0.625. The van der Waals surface area contributed by atoms with Gasteiger partial charge in [0.2, 0.25) is 0 Å². The molecule has 0 radical (unpaired) electrons. The van der Waals surface area contributed by atoms with Gasteiger partial charge in [-0.15, -0.1) is 0 Å². The number of nitrogens with zero attached hydrogens (tertiary/aromatic N) is 1. The van der Waals surface area contributed by atoms with E-state index >= 15 is 0 Å². The van der Waals surface area contributed by atoms with Crippen molar-refractivity contribution < 1.29 is 9.47 Å². The van der Waals surface area contributed by atoms with Crippen molar-refractivity contribution in [3.63, 3.8) is 0 Å². The Bertz CT molecular complexity index is 440. The lowest BCUT2D eigenvalue weighted by Gasteiger charge is -2.29. The third-order valence-corrected chi connectivity index (χ3v) is 4.12. The van der Waals surface area contributed by atoms with Crippen LogP contribution in [0.15, 0.2) is 12.1 Å². The second kappa shape index (κ2) is 6.95. The summed E-state index contributed by atoms with van der Waals surface area (Å²) in [4.78, 5) is 2.51. The standard InChI is InChI=1S/C16H26N2O2/c1-12-10-16(20-4)14(11-15(12)19-3)13(2)18-8-5-6-17-7-9-18/h10-11,13,17H,5-9H2,1-4H3. The Morgan fingerprint density at radius 1 is 1.10 bits per heavy atom. The molecular weight excluding hydrogens is 252 g/mol. The summed E-state index contributed by atoms with van der Waals surface area (Å²) in [5.74, 6) is 1.88. The first-order valence-electron chi connectivity index (χ1n) is 7.34. The quantitative estimate of drug-likeness (QED) is 0.917. The molecule has 1 aromatic rings. The van der Waals surface area contributed by atoms with Gasteiger partial charge in [0.15, 0.2) is 0 Å². The van der Waals surface area contributed by atoms with Gasteiger partial charge in [0.05, 0.1) is 14.2 Å². The zero-order valence-corrected chi connectivity index (χ0v) is 13.0. The molecule has 20 heavy (non-hydrogen) atoms. The van der Waals surface area contributed by atoms with Crippen molar-refractivity contribution in [3.8, 4) is 11.5 Å². The van der Waals surface area contributed by atoms with Gasteiger partial charge < -0.3 is 14.8 Å². The van der Waals surface area contributed by atoms with Crippen molar-refractivity contribution in [2.24, 2.45) is 0 Å². The van der Waals surface area contributed by atoms with Crippen LogP contribution in [0.25, 0.3) is 0 Å². The molecule has 0 aromatic heterocycles. The smallest absolute Gasteiger partial charge is 0.124 e. The topological polar surface area (TPSA) is 33.7 Å². The summed E-state index contributed by atoms with van der Waals surface area (Å²) in [6, 6.07) is 4.53. The summed E-state index contributed by atoms with van der Waals surface area (Å²) < 4.78 is 11.0. The zero-order valence-electron chi connectivity index (χ0n) is 13.0. The van der Waals surface area contributed by atoms with E-state index in [1.54, 1.807) is 14.2 Å². The lowest BCUT2D eigenvalue weighted by Crippen LogP contribution is -2.31. The molecule has 0 saturated carbocycles. The highest BCUT2D eigenvalue weighted by Crippen LogP contribution is 2.34. The van der Waals surface area contributed by atoms with E-state index in [1.807, 2.05) is 6.92 Å². The van der Waals surface area contributed by atoms with Crippen LogP contribution in [0.5, 0.6) is 11.5 Å². The van der Waals surface area contributed by atoms with Crippen LogP contribution in [0, 0.1) is 6.92 Å². The molecule has 0 spiro atoms. The molecular formula is C16H26N2O2. The maximum absolute atomic E-state index is 5.57. The molecule has 0 amide bonds. The highest BCUT2D eigenvalue weighted by molar-refractivity contribution is 5.47. The molecule has 0 aliphatic carbocycles. The summed E-state index contributed by atoms with van der Waals surface area (Å²) >= 11 is 0. The van der Waals surface area contributed by atoms with Crippen LogP contribution >= 0.6 is 0 Å². The Hall–Kier alpha value is -1.26. The number of aryl methyl sites for hydroxylation is 1. The molecule has 1 atom stereocenters. The molecule has 1 aliphatic heterocycles. The second-order valence-electron chi connectivity index (χ2n) is 5.38. The number of hydrogen-bond acceptors (Lipinski definition) is 4. The SMILES string of the molecule is COc1cc(C(C)N2CCCNCC2)c(OC)cc1C. The summed E-state index contributed by atoms with van der Waals surface area (Å²) in [7, 11) is 3.46. The summed E-state index contributed by atoms with van der Waals surface area (Å²) in [5.41, 5.74) is 2.31. The zero-order chi connectivity index (χ0) is 14.5. The third kappa shape index (κ3) is 3.25. The van der Waals surface area contributed by atoms with E-state index in [1.165, 1.54) is 12.0 Å². The van der Waals surface area contributed by atoms with Gasteiger partial charge in [-0.25, -0.2) is 0 Å². The van der Waals surface area contributed by atoms with Gasteiger partial charge in [-0.2, -0.15) is 0 Å². The van der Waals surface area contributed by atoms with E-state index in [4.69, 9.17) is 9.47 Å². The molecule has 112 valence electrons. The molecule has 1 saturated heterocycles. The normalized spacial score (nSPS) is 18.4. The molecule has 0 bridgehead atoms. The van der Waals surface area contributed by atoms with Crippen LogP contribution in [-0.4, -0.2) is 45.3 Å². The van der Waals surface area contributed by atoms with Gasteiger partial charge in [0.25, 0.3) is 0 Å². The average molecular weight is 278 g/mol. The fourth-order valence-corrected chi connectivity index (χ4v) is 2.85. The fourth-order valence-electron chi connectivity index (χ4n) is 2.85. The van der Waals surface area contributed by atoms with Crippen molar-refractivity contribution >= 4 is 0 Å². The van der Waals surface area contributed by atoms with Gasteiger partial charge in [-0.05, 0) is 51.1 Å². The Balaban J connectivity index is 2.29. The Labute approximate surface area is 122 Å². The van der Waals surface area contributed by atoms with Crippen LogP contribution in [-0.2, 0) is 0 Å². The lowest BCUT2D eigenvalue weighted by molar-refractivity contribution is 0.220. The van der Waals surface area contributed by atoms with Crippen molar-refractivity contribution in [2.75, 3.05) is 40.4 Å². The van der Waals surface area contributed by atoms with Crippen LogP contribution in [0.1, 0.15) is 30.5 Å². The first kappa shape index (κ1) is 15.1. The average Bonchev–Trinajstić information content (AvgIpc) is 2.75. The van der Waals surface area contributed by atoms with E-state index < -0.39 is 0 Å². The number of rotatable bonds is 4. The number of ether oxygens (including phenoxy) is 2. The predicted octanol–water partition coefficient (Wildman–Crippen LogP) is 2.37. The van der Waals surface area contributed by atoms with E-state index in [0.717, 1.165) is 43.2 Å². The second-order valence-corrected chi connectivity index (χ2v) is 5.38.